The van der Waals surface area contributed by atoms with Gasteiger partial charge >= 0.3 is 0 Å². The molecule has 0 saturated heterocycles. The van der Waals surface area contributed by atoms with Crippen LogP contribution in [-0.2, 0) is 26.3 Å². The van der Waals surface area contributed by atoms with Crippen LogP contribution in [0.4, 0.5) is 0 Å². The first-order chi connectivity index (χ1) is 10.1. The monoisotopic (exact) mass is 384 g/mol. The summed E-state index contributed by atoms with van der Waals surface area (Å²) >= 11 is 19.4. The third-order valence-corrected chi connectivity index (χ3v) is 5.92. The highest BCUT2D eigenvalue weighted by Crippen LogP contribution is 2.55. The standard InChI is InChI=1S/C15H19Cl3O3S/c1-3-11-6-7-12(13(16)10-11)14(21-22(2,19)20)8-4-5-9-15(14,17)18/h6-7,10H,3-5,8-9H2,1-2H3. The van der Waals surface area contributed by atoms with Gasteiger partial charge in [0.2, 0.25) is 0 Å². The number of alkyl halides is 2. The molecule has 0 radical (unpaired) electrons. The van der Waals surface area contributed by atoms with Gasteiger partial charge in [-0.3, -0.25) is 4.18 Å². The first-order valence-corrected chi connectivity index (χ1v) is 10.1. The zero-order chi connectivity index (χ0) is 16.6. The van der Waals surface area contributed by atoms with Gasteiger partial charge in [0.1, 0.15) is 5.60 Å². The number of hydrogen-bond acceptors (Lipinski definition) is 3. The third kappa shape index (κ3) is 3.57. The Labute approximate surface area is 147 Å². The zero-order valence-corrected chi connectivity index (χ0v) is 15.6. The van der Waals surface area contributed by atoms with Crippen LogP contribution in [0.3, 0.4) is 0 Å². The molecule has 22 heavy (non-hydrogen) atoms. The van der Waals surface area contributed by atoms with Gasteiger partial charge in [-0.15, -0.1) is 0 Å². The number of rotatable bonds is 4. The third-order valence-electron chi connectivity index (χ3n) is 4.03. The van der Waals surface area contributed by atoms with E-state index in [2.05, 4.69) is 0 Å². The van der Waals surface area contributed by atoms with Crippen LogP contribution in [0.1, 0.15) is 43.7 Å². The molecule has 0 N–H and O–H groups in total. The second kappa shape index (κ2) is 6.48. The van der Waals surface area contributed by atoms with Crippen molar-refractivity contribution in [2.24, 2.45) is 0 Å². The number of benzene rings is 1. The van der Waals surface area contributed by atoms with Crippen LogP contribution in [0.25, 0.3) is 0 Å². The average Bonchev–Trinajstić information content (AvgIpc) is 2.39. The summed E-state index contributed by atoms with van der Waals surface area (Å²) in [5.41, 5.74) is 0.223. The van der Waals surface area contributed by atoms with E-state index in [9.17, 15) is 8.42 Å². The van der Waals surface area contributed by atoms with Crippen LogP contribution < -0.4 is 0 Å². The van der Waals surface area contributed by atoms with Crippen molar-refractivity contribution >= 4 is 44.9 Å². The van der Waals surface area contributed by atoms with Crippen LogP contribution in [0.2, 0.25) is 5.02 Å². The van der Waals surface area contributed by atoms with Crippen molar-refractivity contribution in [2.45, 2.75) is 49.0 Å². The maximum atomic E-state index is 11.8. The molecular formula is C15H19Cl3O3S. The highest BCUT2D eigenvalue weighted by Gasteiger charge is 2.56. The minimum absolute atomic E-state index is 0.401. The fourth-order valence-electron chi connectivity index (χ4n) is 2.95. The SMILES string of the molecule is CCc1ccc(C2(OS(C)(=O)=O)CCCCC2(Cl)Cl)c(Cl)c1. The van der Waals surface area contributed by atoms with E-state index >= 15 is 0 Å². The lowest BCUT2D eigenvalue weighted by atomic mass is 9.78. The van der Waals surface area contributed by atoms with E-state index in [0.29, 0.717) is 23.4 Å². The topological polar surface area (TPSA) is 43.4 Å². The molecule has 1 fully saturated rings. The quantitative estimate of drug-likeness (QED) is 0.551. The van der Waals surface area contributed by atoms with Gasteiger partial charge in [0.15, 0.2) is 4.33 Å². The Morgan fingerprint density at radius 1 is 1.23 bits per heavy atom. The molecule has 3 nitrogen and oxygen atoms in total. The fourth-order valence-corrected chi connectivity index (χ4v) is 4.97. The van der Waals surface area contributed by atoms with E-state index in [1.165, 1.54) is 0 Å². The van der Waals surface area contributed by atoms with Crippen LogP contribution in [0.15, 0.2) is 18.2 Å². The second-order valence-corrected chi connectivity index (χ2v) is 9.16. The number of halogens is 3. The first kappa shape index (κ1) is 18.3. The highest BCUT2D eigenvalue weighted by molar-refractivity contribution is 7.86. The summed E-state index contributed by atoms with van der Waals surface area (Å²) in [6, 6.07) is 5.48. The second-order valence-electron chi connectivity index (χ2n) is 5.69. The molecule has 1 saturated carbocycles. The molecule has 2 rings (SSSR count). The molecule has 7 heteroatoms. The number of hydrogen-bond donors (Lipinski definition) is 0. The minimum atomic E-state index is -3.76. The summed E-state index contributed by atoms with van der Waals surface area (Å²) < 4.78 is 27.7. The summed E-state index contributed by atoms with van der Waals surface area (Å²) in [7, 11) is -3.76. The van der Waals surface area contributed by atoms with Crippen molar-refractivity contribution in [2.75, 3.05) is 6.26 Å². The Morgan fingerprint density at radius 3 is 2.36 bits per heavy atom. The summed E-state index contributed by atoms with van der Waals surface area (Å²) in [5, 5.41) is 0.426. The van der Waals surface area contributed by atoms with Crippen molar-refractivity contribution < 1.29 is 12.6 Å². The molecular weight excluding hydrogens is 367 g/mol. The van der Waals surface area contributed by atoms with Gasteiger partial charge < -0.3 is 0 Å². The van der Waals surface area contributed by atoms with Crippen LogP contribution in [0, 0.1) is 0 Å². The van der Waals surface area contributed by atoms with Crippen molar-refractivity contribution in [1.82, 2.24) is 0 Å². The van der Waals surface area contributed by atoms with Gasteiger partial charge in [0, 0.05) is 10.6 Å². The molecule has 0 aliphatic heterocycles. The normalized spacial score (nSPS) is 25.1. The van der Waals surface area contributed by atoms with Gasteiger partial charge in [-0.05, 0) is 37.3 Å². The Balaban J connectivity index is 2.63. The van der Waals surface area contributed by atoms with Crippen LogP contribution in [0.5, 0.6) is 0 Å². The van der Waals surface area contributed by atoms with Gasteiger partial charge in [-0.1, -0.05) is 60.3 Å². The van der Waals surface area contributed by atoms with Gasteiger partial charge in [-0.25, -0.2) is 0 Å². The molecule has 124 valence electrons. The Hall–Kier alpha value is -0.000000000000000167. The Kier molecular flexibility index (Phi) is 5.40. The maximum absolute atomic E-state index is 11.8. The molecule has 0 heterocycles. The zero-order valence-electron chi connectivity index (χ0n) is 12.5. The molecule has 0 aromatic heterocycles. The van der Waals surface area contributed by atoms with Crippen molar-refractivity contribution in [1.29, 1.82) is 0 Å². The lowest BCUT2D eigenvalue weighted by Crippen LogP contribution is -2.49. The number of aryl methyl sites for hydroxylation is 1. The van der Waals surface area contributed by atoms with Crippen molar-refractivity contribution in [3.63, 3.8) is 0 Å². The van der Waals surface area contributed by atoms with Gasteiger partial charge in [0.05, 0.1) is 6.26 Å². The van der Waals surface area contributed by atoms with Gasteiger partial charge in [0.25, 0.3) is 10.1 Å². The van der Waals surface area contributed by atoms with Gasteiger partial charge in [-0.2, -0.15) is 8.42 Å². The lowest BCUT2D eigenvalue weighted by molar-refractivity contribution is 0.0242. The predicted molar refractivity (Wildman–Crippen MR) is 91.3 cm³/mol. The summed E-state index contributed by atoms with van der Waals surface area (Å²) in [6.45, 7) is 2.02. The largest absolute Gasteiger partial charge is 0.265 e. The first-order valence-electron chi connectivity index (χ1n) is 7.19. The lowest BCUT2D eigenvalue weighted by Gasteiger charge is -2.45. The summed E-state index contributed by atoms with van der Waals surface area (Å²) in [6.07, 6.45) is 4.25. The van der Waals surface area contributed by atoms with E-state index in [1.807, 2.05) is 19.1 Å². The van der Waals surface area contributed by atoms with E-state index in [-0.39, 0.29) is 0 Å². The summed E-state index contributed by atoms with van der Waals surface area (Å²) in [4.78, 5) is 0. The van der Waals surface area contributed by atoms with E-state index in [4.69, 9.17) is 39.0 Å². The Bertz CT molecular complexity index is 658. The fraction of sp³-hybridized carbons (Fsp3) is 0.600. The molecule has 0 spiro atoms. The van der Waals surface area contributed by atoms with E-state index < -0.39 is 20.1 Å². The molecule has 1 aliphatic carbocycles. The molecule has 0 amide bonds. The highest BCUT2D eigenvalue weighted by atomic mass is 35.5. The molecule has 1 aromatic carbocycles. The van der Waals surface area contributed by atoms with Crippen molar-refractivity contribution in [3.05, 3.63) is 34.3 Å². The smallest absolute Gasteiger partial charge is 0.256 e. The van der Waals surface area contributed by atoms with Crippen molar-refractivity contribution in [3.8, 4) is 0 Å². The molecule has 0 bridgehead atoms. The average molecular weight is 386 g/mol. The van der Waals surface area contributed by atoms with Crippen LogP contribution >= 0.6 is 34.8 Å². The van der Waals surface area contributed by atoms with E-state index in [0.717, 1.165) is 31.1 Å². The Morgan fingerprint density at radius 2 is 1.86 bits per heavy atom. The minimum Gasteiger partial charge on any atom is -0.256 e. The molecule has 1 unspecified atom stereocenters. The molecule has 1 aliphatic rings. The maximum Gasteiger partial charge on any atom is 0.265 e. The van der Waals surface area contributed by atoms with Crippen LogP contribution in [-0.4, -0.2) is 19.0 Å². The summed E-state index contributed by atoms with van der Waals surface area (Å²) in [5.74, 6) is 0. The molecule has 1 atom stereocenters. The molecule has 1 aromatic rings. The van der Waals surface area contributed by atoms with E-state index in [1.54, 1.807) is 6.07 Å². The predicted octanol–water partition coefficient (Wildman–Crippen LogP) is 4.82.